The predicted molar refractivity (Wildman–Crippen MR) is 249 cm³/mol. The Kier molecular flexibility index (Phi) is 16.6. The predicted octanol–water partition coefficient (Wildman–Crippen LogP) is 12.2. The molecule has 1 atom stereocenters. The Morgan fingerprint density at radius 3 is 2.13 bits per heavy atom. The summed E-state index contributed by atoms with van der Waals surface area (Å²) in [6.07, 6.45) is 11.4. The number of nitrogens with one attached hydrogen (secondary N) is 1. The number of carbonyl (C=O) groups is 3. The van der Waals surface area contributed by atoms with Crippen molar-refractivity contribution in [1.82, 2.24) is 4.90 Å². The van der Waals surface area contributed by atoms with E-state index >= 15 is 0 Å². The SMILES string of the molecule is C/C=C(C)\C=C(\C(C)=O)C(=C(C)CC)N1CC2(CCOCC2)C1.CCc1ccc(C(=O)N2CCC(C)=C(/C=C(/C(=O)Nc3c(F)cccc3F)C(C)CC)c3ccccc32)cc1. The minimum absolute atomic E-state index is 0.0851. The molecule has 3 heterocycles. The summed E-state index contributed by atoms with van der Waals surface area (Å²) in [6.45, 7) is 22.4. The highest BCUT2D eigenvalue weighted by molar-refractivity contribution is 6.10. The van der Waals surface area contributed by atoms with Gasteiger partial charge in [-0.1, -0.05) is 81.3 Å². The number of carbonyl (C=O) groups excluding carboxylic acids is 3. The summed E-state index contributed by atoms with van der Waals surface area (Å²) in [5.74, 6) is -2.32. The fraction of sp³-hybridized carbons (Fsp3) is 0.415. The van der Waals surface area contributed by atoms with E-state index in [1.54, 1.807) is 11.8 Å². The Balaban J connectivity index is 0.000000269. The molecule has 3 aromatic carbocycles. The minimum atomic E-state index is -0.830. The first kappa shape index (κ1) is 47.6. The van der Waals surface area contributed by atoms with E-state index in [1.165, 1.54) is 22.9 Å². The number of Topliss-reactive ketones (excluding diaryl/α,β-unsaturated/α-hetero) is 1. The molecule has 2 amide bonds. The molecule has 0 bridgehead atoms. The third-order valence-electron chi connectivity index (χ3n) is 12.7. The number of allylic oxidation sites excluding steroid dienone is 7. The molecule has 1 unspecified atom stereocenters. The van der Waals surface area contributed by atoms with Crippen LogP contribution in [0, 0.1) is 23.0 Å². The Morgan fingerprint density at radius 1 is 0.903 bits per heavy atom. The topological polar surface area (TPSA) is 79.0 Å². The molecule has 3 aliphatic heterocycles. The molecular weight excluding hydrogens is 781 g/mol. The molecule has 1 N–H and O–H groups in total. The van der Waals surface area contributed by atoms with Gasteiger partial charge in [-0.05, 0) is 138 Å². The highest BCUT2D eigenvalue weighted by Crippen LogP contribution is 2.44. The number of anilines is 2. The first-order chi connectivity index (χ1) is 29.7. The Labute approximate surface area is 368 Å². The summed E-state index contributed by atoms with van der Waals surface area (Å²) in [4.78, 5) is 43.5. The monoisotopic (exact) mass is 845 g/mol. The van der Waals surface area contributed by atoms with Crippen LogP contribution < -0.4 is 10.2 Å². The van der Waals surface area contributed by atoms with E-state index in [9.17, 15) is 23.2 Å². The number of fused-ring (bicyclic) bond motifs is 1. The highest BCUT2D eigenvalue weighted by Gasteiger charge is 2.45. The van der Waals surface area contributed by atoms with Crippen LogP contribution in [0.15, 0.2) is 119 Å². The van der Waals surface area contributed by atoms with Crippen molar-refractivity contribution >= 4 is 34.5 Å². The van der Waals surface area contributed by atoms with Crippen molar-refractivity contribution < 1.29 is 27.9 Å². The van der Waals surface area contributed by atoms with Gasteiger partial charge in [0, 0.05) is 66.2 Å². The van der Waals surface area contributed by atoms with Crippen LogP contribution in [-0.2, 0) is 20.7 Å². The normalized spacial score (nSPS) is 17.6. The van der Waals surface area contributed by atoms with Crippen LogP contribution in [0.1, 0.15) is 116 Å². The van der Waals surface area contributed by atoms with Gasteiger partial charge in [0.1, 0.15) is 17.3 Å². The molecule has 2 saturated heterocycles. The smallest absolute Gasteiger partial charge is 0.258 e. The van der Waals surface area contributed by atoms with E-state index in [0.29, 0.717) is 35.9 Å². The number of hydrogen-bond donors (Lipinski definition) is 1. The standard InChI is InChI=1S/C33H34F2N2O2.C20H31NO2/c1-5-21(3)27(32(38)36-31-28(34)11-9-12-29(31)35)20-26-22(4)18-19-37(30-13-8-7-10-25(26)30)33(39)24-16-14-23(6-2)15-17-24;1-6-15(3)12-18(17(5)22)19(16(4)7-2)21-13-20(14-21)8-10-23-11-9-20/h7-17,20-21H,5-6,18-19H2,1-4H3,(H,36,38);6,12H,7-11,13-14H2,1-5H3/b27-20+;15-6-,18-12-,19-16?. The van der Waals surface area contributed by atoms with Gasteiger partial charge in [0.05, 0.1) is 5.69 Å². The third kappa shape index (κ3) is 11.1. The molecule has 2 fully saturated rings. The minimum Gasteiger partial charge on any atom is -0.381 e. The molecule has 62 heavy (non-hydrogen) atoms. The lowest BCUT2D eigenvalue weighted by Gasteiger charge is -2.54. The lowest BCUT2D eigenvalue weighted by atomic mass is 9.72. The number of aryl methyl sites for hydroxylation is 1. The van der Waals surface area contributed by atoms with Gasteiger partial charge in [-0.2, -0.15) is 0 Å². The van der Waals surface area contributed by atoms with Crippen LogP contribution in [0.4, 0.5) is 20.2 Å². The lowest BCUT2D eigenvalue weighted by molar-refractivity contribution is -0.114. The average molecular weight is 846 g/mol. The van der Waals surface area contributed by atoms with Crippen LogP contribution >= 0.6 is 0 Å². The van der Waals surface area contributed by atoms with E-state index in [2.05, 4.69) is 44.0 Å². The molecule has 9 heteroatoms. The molecule has 6 rings (SSSR count). The Bertz CT molecular complexity index is 2250. The number of amides is 2. The summed E-state index contributed by atoms with van der Waals surface area (Å²) < 4.78 is 34.1. The largest absolute Gasteiger partial charge is 0.381 e. The number of rotatable bonds is 12. The number of para-hydroxylation sites is 2. The summed E-state index contributed by atoms with van der Waals surface area (Å²) in [7, 11) is 0. The maximum Gasteiger partial charge on any atom is 0.258 e. The van der Waals surface area contributed by atoms with Gasteiger partial charge in [0.15, 0.2) is 5.78 Å². The van der Waals surface area contributed by atoms with Crippen molar-refractivity contribution in [1.29, 1.82) is 0 Å². The van der Waals surface area contributed by atoms with Gasteiger partial charge in [0.2, 0.25) is 0 Å². The van der Waals surface area contributed by atoms with Gasteiger partial charge in [0.25, 0.3) is 11.8 Å². The third-order valence-corrected chi connectivity index (χ3v) is 12.7. The number of ether oxygens (including phenoxy) is 1. The van der Waals surface area contributed by atoms with Gasteiger partial charge >= 0.3 is 0 Å². The van der Waals surface area contributed by atoms with E-state index in [-0.39, 0.29) is 17.6 Å². The van der Waals surface area contributed by atoms with Crippen molar-refractivity contribution in [2.75, 3.05) is 43.1 Å². The quantitative estimate of drug-likeness (QED) is 0.145. The molecule has 3 aromatic rings. The molecule has 0 radical (unpaired) electrons. The van der Waals surface area contributed by atoms with Crippen molar-refractivity contribution in [3.63, 3.8) is 0 Å². The number of halogens is 2. The number of nitrogens with zero attached hydrogens (tertiary/aromatic N) is 2. The zero-order valence-electron chi connectivity index (χ0n) is 38.2. The molecule has 1 spiro atoms. The average Bonchev–Trinajstić information content (AvgIpc) is 3.40. The van der Waals surface area contributed by atoms with Crippen LogP contribution in [0.5, 0.6) is 0 Å². The van der Waals surface area contributed by atoms with Crippen molar-refractivity contribution in [3.8, 4) is 0 Å². The molecule has 330 valence electrons. The Hall–Kier alpha value is -5.41. The molecule has 0 aliphatic carbocycles. The summed E-state index contributed by atoms with van der Waals surface area (Å²) in [5.41, 5.74) is 10.1. The van der Waals surface area contributed by atoms with E-state index in [0.717, 1.165) is 97.7 Å². The number of ketones is 1. The number of likely N-dealkylation sites (tertiary alicyclic amines) is 1. The second-order valence-electron chi connectivity index (χ2n) is 17.0. The summed E-state index contributed by atoms with van der Waals surface area (Å²) in [5, 5.41) is 2.45. The van der Waals surface area contributed by atoms with Crippen LogP contribution in [-0.4, -0.2) is 55.3 Å². The summed E-state index contributed by atoms with van der Waals surface area (Å²) >= 11 is 0. The van der Waals surface area contributed by atoms with Gasteiger partial charge < -0.3 is 19.9 Å². The molecule has 3 aliphatic rings. The first-order valence-corrected chi connectivity index (χ1v) is 22.2. The zero-order valence-corrected chi connectivity index (χ0v) is 38.2. The summed E-state index contributed by atoms with van der Waals surface area (Å²) in [6, 6.07) is 18.8. The molecule has 0 saturated carbocycles. The van der Waals surface area contributed by atoms with E-state index in [4.69, 9.17) is 4.74 Å². The van der Waals surface area contributed by atoms with E-state index < -0.39 is 23.2 Å². The van der Waals surface area contributed by atoms with Crippen molar-refractivity contribution in [3.05, 3.63) is 147 Å². The second kappa shape index (κ2) is 21.6. The van der Waals surface area contributed by atoms with Gasteiger partial charge in [-0.15, -0.1) is 0 Å². The van der Waals surface area contributed by atoms with E-state index in [1.807, 2.05) is 88.4 Å². The van der Waals surface area contributed by atoms with Crippen LogP contribution in [0.25, 0.3) is 5.57 Å². The molecule has 7 nitrogen and oxygen atoms in total. The maximum absolute atomic E-state index is 14.3. The fourth-order valence-electron chi connectivity index (χ4n) is 8.29. The highest BCUT2D eigenvalue weighted by atomic mass is 19.1. The first-order valence-electron chi connectivity index (χ1n) is 22.2. The Morgan fingerprint density at radius 2 is 1.55 bits per heavy atom. The zero-order chi connectivity index (χ0) is 45.1. The molecule has 0 aromatic heterocycles. The second-order valence-corrected chi connectivity index (χ2v) is 17.0. The maximum atomic E-state index is 14.3. The molecular formula is C53H65F2N3O4. The number of hydrogen-bond acceptors (Lipinski definition) is 5. The van der Waals surface area contributed by atoms with Crippen LogP contribution in [0.3, 0.4) is 0 Å². The van der Waals surface area contributed by atoms with Gasteiger partial charge in [-0.25, -0.2) is 8.78 Å². The van der Waals surface area contributed by atoms with Crippen LogP contribution in [0.2, 0.25) is 0 Å². The number of benzene rings is 3. The lowest BCUT2D eigenvalue weighted by Crippen LogP contribution is -2.58. The fourth-order valence-corrected chi connectivity index (χ4v) is 8.29. The van der Waals surface area contributed by atoms with Gasteiger partial charge in [-0.3, -0.25) is 14.4 Å². The van der Waals surface area contributed by atoms with Crippen molar-refractivity contribution in [2.45, 2.75) is 101 Å². The van der Waals surface area contributed by atoms with Crippen molar-refractivity contribution in [2.24, 2.45) is 11.3 Å².